The molecule has 1 aliphatic heterocycles. The van der Waals surface area contributed by atoms with Gasteiger partial charge in [0.25, 0.3) is 0 Å². The Hall–Kier alpha value is -2.21. The van der Waals surface area contributed by atoms with Crippen molar-refractivity contribution in [2.45, 2.75) is 32.7 Å². The average molecular weight is 454 g/mol. The quantitative estimate of drug-likeness (QED) is 0.357. The molecule has 0 unspecified atom stereocenters. The average Bonchev–Trinajstić information content (AvgIpc) is 3.45. The first-order valence-electron chi connectivity index (χ1n) is 11.0. The lowest BCUT2D eigenvalue weighted by molar-refractivity contribution is 0.478. The van der Waals surface area contributed by atoms with Crippen molar-refractivity contribution in [1.29, 1.82) is 0 Å². The highest BCUT2D eigenvalue weighted by Crippen LogP contribution is 2.46. The van der Waals surface area contributed by atoms with Gasteiger partial charge in [0.2, 0.25) is 5.95 Å². The maximum Gasteiger partial charge on any atom is 0.224 e. The number of H-pyrrole nitrogens is 1. The molecule has 162 valence electrons. The third-order valence-electron chi connectivity index (χ3n) is 6.34. The van der Waals surface area contributed by atoms with Crippen LogP contribution in [0.3, 0.4) is 0 Å². The minimum absolute atomic E-state index is 0.340. The Labute approximate surface area is 186 Å². The Morgan fingerprint density at radius 2 is 2.10 bits per heavy atom. The number of aromatic nitrogens is 3. The SMILES string of the molecule is CCP(=O)(CC)c1cccc2c(-c3nc(N[C@H]4CCCNC4)nc4ccsc34)c[nH]c12. The number of benzene rings is 1. The van der Waals surface area contributed by atoms with E-state index in [4.69, 9.17) is 9.97 Å². The second-order valence-electron chi connectivity index (χ2n) is 8.14. The molecule has 8 heteroatoms. The molecule has 3 N–H and O–H groups in total. The van der Waals surface area contributed by atoms with Crippen molar-refractivity contribution in [3.05, 3.63) is 35.8 Å². The third kappa shape index (κ3) is 3.69. The van der Waals surface area contributed by atoms with Gasteiger partial charge in [0.1, 0.15) is 7.14 Å². The Bertz CT molecular complexity index is 1270. The zero-order valence-electron chi connectivity index (χ0n) is 17.9. The normalized spacial score (nSPS) is 17.4. The van der Waals surface area contributed by atoms with Gasteiger partial charge in [-0.15, -0.1) is 11.3 Å². The van der Waals surface area contributed by atoms with Crippen LogP contribution in [-0.4, -0.2) is 46.4 Å². The fraction of sp³-hybridized carbons (Fsp3) is 0.391. The summed E-state index contributed by atoms with van der Waals surface area (Å²) in [5, 5.41) is 11.1. The molecule has 6 nitrogen and oxygen atoms in total. The number of hydrogen-bond acceptors (Lipinski definition) is 6. The van der Waals surface area contributed by atoms with E-state index >= 15 is 0 Å². The number of anilines is 1. The van der Waals surface area contributed by atoms with E-state index < -0.39 is 7.14 Å². The molecule has 0 saturated carbocycles. The lowest BCUT2D eigenvalue weighted by Gasteiger charge is -2.24. The summed E-state index contributed by atoms with van der Waals surface area (Å²) in [5.74, 6) is 0.674. The number of nitrogens with one attached hydrogen (secondary N) is 3. The van der Waals surface area contributed by atoms with Crippen LogP contribution in [-0.2, 0) is 4.57 Å². The lowest BCUT2D eigenvalue weighted by Crippen LogP contribution is -2.38. The molecule has 0 radical (unpaired) electrons. The standard InChI is InChI=1S/C23H28N5OPS/c1-3-30(29,4-2)19-9-5-8-16-17(14-25-20(16)19)21-22-18(10-12-31-22)27-23(28-21)26-15-7-6-11-24-13-15/h5,8-10,12,14-15,24-25H,3-4,6-7,11,13H2,1-2H3,(H,26,27,28)/t15-/m0/s1. The fourth-order valence-electron chi connectivity index (χ4n) is 4.51. The number of piperidine rings is 1. The highest BCUT2D eigenvalue weighted by Gasteiger charge is 2.25. The maximum absolute atomic E-state index is 13.5. The second-order valence-corrected chi connectivity index (χ2v) is 12.6. The van der Waals surface area contributed by atoms with Crippen LogP contribution in [0.25, 0.3) is 32.4 Å². The second kappa shape index (κ2) is 8.38. The van der Waals surface area contributed by atoms with Gasteiger partial charge in [-0.3, -0.25) is 0 Å². The Balaban J connectivity index is 1.64. The lowest BCUT2D eigenvalue weighted by atomic mass is 10.1. The molecule has 4 aromatic rings. The molecule has 3 aromatic heterocycles. The first-order valence-corrected chi connectivity index (χ1v) is 14.0. The molecule has 31 heavy (non-hydrogen) atoms. The van der Waals surface area contributed by atoms with Gasteiger partial charge in [-0.05, 0) is 36.9 Å². The first-order chi connectivity index (χ1) is 15.1. The summed E-state index contributed by atoms with van der Waals surface area (Å²) in [6.45, 7) is 6.04. The Morgan fingerprint density at radius 3 is 2.87 bits per heavy atom. The molecule has 0 bridgehead atoms. The summed E-state index contributed by atoms with van der Waals surface area (Å²) in [7, 11) is -2.41. The van der Waals surface area contributed by atoms with Crippen LogP contribution in [0.2, 0.25) is 0 Å². The van der Waals surface area contributed by atoms with Crippen molar-refractivity contribution in [2.75, 3.05) is 30.7 Å². The van der Waals surface area contributed by atoms with E-state index in [1.54, 1.807) is 11.3 Å². The molecule has 1 atom stereocenters. The van der Waals surface area contributed by atoms with Gasteiger partial charge in [0.05, 0.1) is 21.4 Å². The van der Waals surface area contributed by atoms with E-state index in [0.717, 1.165) is 63.6 Å². The molecular weight excluding hydrogens is 425 g/mol. The van der Waals surface area contributed by atoms with Crippen molar-refractivity contribution >= 4 is 50.9 Å². The highest BCUT2D eigenvalue weighted by atomic mass is 32.1. The number of rotatable bonds is 6. The minimum Gasteiger partial charge on any atom is -0.360 e. The van der Waals surface area contributed by atoms with E-state index in [1.807, 2.05) is 32.2 Å². The summed E-state index contributed by atoms with van der Waals surface area (Å²) in [6.07, 6.45) is 5.63. The van der Waals surface area contributed by atoms with Crippen molar-refractivity contribution in [1.82, 2.24) is 20.3 Å². The number of para-hydroxylation sites is 1. The largest absolute Gasteiger partial charge is 0.360 e. The topological polar surface area (TPSA) is 82.7 Å². The third-order valence-corrected chi connectivity index (χ3v) is 10.5. The van der Waals surface area contributed by atoms with Crippen molar-refractivity contribution in [2.24, 2.45) is 0 Å². The summed E-state index contributed by atoms with van der Waals surface area (Å²) < 4.78 is 14.6. The molecule has 1 saturated heterocycles. The monoisotopic (exact) mass is 453 g/mol. The van der Waals surface area contributed by atoms with E-state index in [-0.39, 0.29) is 0 Å². The molecule has 5 rings (SSSR count). The zero-order valence-corrected chi connectivity index (χ0v) is 19.7. The maximum atomic E-state index is 13.5. The summed E-state index contributed by atoms with van der Waals surface area (Å²) >= 11 is 1.66. The van der Waals surface area contributed by atoms with Gasteiger partial charge in [-0.25, -0.2) is 9.97 Å². The summed E-state index contributed by atoms with van der Waals surface area (Å²) in [6, 6.07) is 8.53. The number of aromatic amines is 1. The number of thiophene rings is 1. The van der Waals surface area contributed by atoms with E-state index in [1.165, 1.54) is 0 Å². The van der Waals surface area contributed by atoms with Crippen LogP contribution < -0.4 is 15.9 Å². The van der Waals surface area contributed by atoms with E-state index in [9.17, 15) is 4.57 Å². The summed E-state index contributed by atoms with van der Waals surface area (Å²) in [5.41, 5.74) is 3.89. The van der Waals surface area contributed by atoms with Crippen LogP contribution in [0.15, 0.2) is 35.8 Å². The molecule has 0 amide bonds. The van der Waals surface area contributed by atoms with Gasteiger partial charge in [-0.1, -0.05) is 26.0 Å². The van der Waals surface area contributed by atoms with Crippen LogP contribution in [0.5, 0.6) is 0 Å². The van der Waals surface area contributed by atoms with Gasteiger partial charge in [-0.2, -0.15) is 0 Å². The van der Waals surface area contributed by atoms with Crippen LogP contribution >= 0.6 is 18.5 Å². The molecule has 4 heterocycles. The van der Waals surface area contributed by atoms with E-state index in [0.29, 0.717) is 24.3 Å². The predicted octanol–water partition coefficient (Wildman–Crippen LogP) is 5.03. The first kappa shape index (κ1) is 20.7. The van der Waals surface area contributed by atoms with Crippen molar-refractivity contribution in [3.63, 3.8) is 0 Å². The fourth-order valence-corrected chi connectivity index (χ4v) is 7.42. The number of nitrogens with zero attached hydrogens (tertiary/aromatic N) is 2. The molecule has 1 aliphatic rings. The number of fused-ring (bicyclic) bond motifs is 2. The Kier molecular flexibility index (Phi) is 5.59. The highest BCUT2D eigenvalue weighted by molar-refractivity contribution is 7.72. The zero-order chi connectivity index (χ0) is 21.4. The van der Waals surface area contributed by atoms with E-state index in [2.05, 4.69) is 33.1 Å². The molecule has 1 aromatic carbocycles. The minimum atomic E-state index is -2.41. The summed E-state index contributed by atoms with van der Waals surface area (Å²) in [4.78, 5) is 13.2. The van der Waals surface area contributed by atoms with Crippen LogP contribution in [0, 0.1) is 0 Å². The van der Waals surface area contributed by atoms with Crippen LogP contribution in [0.1, 0.15) is 26.7 Å². The van der Waals surface area contributed by atoms with Crippen molar-refractivity contribution < 1.29 is 4.57 Å². The molecule has 1 fully saturated rings. The van der Waals surface area contributed by atoms with Gasteiger partial charge < -0.3 is 20.2 Å². The molecule has 0 aliphatic carbocycles. The molecule has 0 spiro atoms. The van der Waals surface area contributed by atoms with Gasteiger partial charge >= 0.3 is 0 Å². The Morgan fingerprint density at radius 1 is 1.23 bits per heavy atom. The van der Waals surface area contributed by atoms with Gasteiger partial charge in [0.15, 0.2) is 0 Å². The van der Waals surface area contributed by atoms with Crippen molar-refractivity contribution in [3.8, 4) is 11.3 Å². The van der Waals surface area contributed by atoms with Crippen LogP contribution in [0.4, 0.5) is 5.95 Å². The molecular formula is C23H28N5OPS. The number of hydrogen-bond donors (Lipinski definition) is 3. The predicted molar refractivity (Wildman–Crippen MR) is 133 cm³/mol. The smallest absolute Gasteiger partial charge is 0.224 e. The van der Waals surface area contributed by atoms with Gasteiger partial charge in [0, 0.05) is 47.4 Å².